The molecule has 1 fully saturated rings. The van der Waals surface area contributed by atoms with E-state index in [1.165, 1.54) is 0 Å². The number of nitrogens with zero attached hydrogens (tertiary/aromatic N) is 3. The molecule has 0 unspecified atom stereocenters. The van der Waals surface area contributed by atoms with E-state index in [1.807, 2.05) is 51.7 Å². The van der Waals surface area contributed by atoms with E-state index in [0.29, 0.717) is 25.4 Å². The zero-order valence-electron chi connectivity index (χ0n) is 17.7. The minimum absolute atomic E-state index is 0.00138. The minimum Gasteiger partial charge on any atom is -0.495 e. The summed E-state index contributed by atoms with van der Waals surface area (Å²) in [5.41, 5.74) is 2.28. The number of ether oxygens (including phenoxy) is 2. The first-order chi connectivity index (χ1) is 13.1. The molecule has 0 N–H and O–H groups in total. The molecule has 0 saturated carbocycles. The second-order valence-electron chi connectivity index (χ2n) is 8.70. The maximum absolute atomic E-state index is 13.0. The summed E-state index contributed by atoms with van der Waals surface area (Å²) < 4.78 is 11.1. The number of fused-ring (bicyclic) bond motifs is 1. The maximum Gasteiger partial charge on any atom is 0.410 e. The monoisotopic (exact) mass is 389 g/mol. The van der Waals surface area contributed by atoms with Crippen LogP contribution in [0.3, 0.4) is 0 Å². The Bertz CT molecular complexity index is 770. The van der Waals surface area contributed by atoms with Gasteiger partial charge in [-0.05, 0) is 64.3 Å². The molecule has 0 bridgehead atoms. The summed E-state index contributed by atoms with van der Waals surface area (Å²) >= 11 is 0. The molecule has 154 valence electrons. The van der Waals surface area contributed by atoms with E-state index in [4.69, 9.17) is 9.47 Å². The molecule has 0 aromatic heterocycles. The fourth-order valence-electron chi connectivity index (χ4n) is 3.69. The number of urea groups is 1. The zero-order valence-corrected chi connectivity index (χ0v) is 17.7. The third kappa shape index (κ3) is 4.03. The van der Waals surface area contributed by atoms with E-state index < -0.39 is 5.60 Å². The topological polar surface area (TPSA) is 62.3 Å². The number of anilines is 1. The molecule has 0 radical (unpaired) electrons. The van der Waals surface area contributed by atoms with E-state index in [0.717, 1.165) is 29.8 Å². The van der Waals surface area contributed by atoms with Crippen LogP contribution < -0.4 is 9.64 Å². The third-order valence-electron chi connectivity index (χ3n) is 5.05. The molecule has 3 amide bonds. The summed E-state index contributed by atoms with van der Waals surface area (Å²) in [6.07, 6.45) is 0.582. The standard InChI is InChI=1S/C21H31N3O4/c1-14(2)23-8-7-9-24(19(23)25)17-10-15-12-22(20(26)28-21(3,4)5)13-16(15)11-18(17)27-6/h10-11,14H,7-9,12-13H2,1-6H3. The van der Waals surface area contributed by atoms with Crippen LogP contribution in [0.25, 0.3) is 0 Å². The molecule has 0 atom stereocenters. The maximum atomic E-state index is 13.0. The van der Waals surface area contributed by atoms with E-state index in [-0.39, 0.29) is 18.2 Å². The number of carbonyl (C=O) groups excluding carboxylic acids is 2. The fourth-order valence-corrected chi connectivity index (χ4v) is 3.69. The Hall–Kier alpha value is -2.44. The highest BCUT2D eigenvalue weighted by Crippen LogP contribution is 2.37. The van der Waals surface area contributed by atoms with Crippen molar-refractivity contribution in [1.82, 2.24) is 9.80 Å². The molecule has 2 aliphatic rings. The molecular weight excluding hydrogens is 358 g/mol. The van der Waals surface area contributed by atoms with Gasteiger partial charge in [-0.2, -0.15) is 0 Å². The van der Waals surface area contributed by atoms with Crippen LogP contribution in [-0.4, -0.2) is 53.8 Å². The van der Waals surface area contributed by atoms with Gasteiger partial charge in [-0.25, -0.2) is 9.59 Å². The van der Waals surface area contributed by atoms with Crippen LogP contribution in [0, 0.1) is 0 Å². The molecule has 1 saturated heterocycles. The minimum atomic E-state index is -0.533. The van der Waals surface area contributed by atoms with Gasteiger partial charge < -0.3 is 14.4 Å². The molecule has 2 heterocycles. The molecule has 7 heteroatoms. The lowest BCUT2D eigenvalue weighted by molar-refractivity contribution is 0.0241. The molecule has 0 aliphatic carbocycles. The SMILES string of the molecule is COc1cc2c(cc1N1CCCN(C(C)C)C1=O)CN(C(=O)OC(C)(C)C)C2. The number of methoxy groups -OCH3 is 1. The van der Waals surface area contributed by atoms with Crippen LogP contribution in [-0.2, 0) is 17.8 Å². The van der Waals surface area contributed by atoms with Gasteiger partial charge in [0, 0.05) is 32.2 Å². The summed E-state index contributed by atoms with van der Waals surface area (Å²) in [5.74, 6) is 0.656. The van der Waals surface area contributed by atoms with Crippen LogP contribution in [0.15, 0.2) is 12.1 Å². The number of rotatable bonds is 3. The predicted molar refractivity (Wildman–Crippen MR) is 108 cm³/mol. The van der Waals surface area contributed by atoms with Gasteiger partial charge in [0.05, 0.1) is 12.8 Å². The number of carbonyl (C=O) groups is 2. The van der Waals surface area contributed by atoms with Gasteiger partial charge in [-0.3, -0.25) is 9.80 Å². The van der Waals surface area contributed by atoms with Crippen LogP contribution in [0.2, 0.25) is 0 Å². The number of benzene rings is 1. The molecule has 3 rings (SSSR count). The van der Waals surface area contributed by atoms with Crippen LogP contribution >= 0.6 is 0 Å². The Balaban J connectivity index is 1.86. The van der Waals surface area contributed by atoms with Gasteiger partial charge in [0.25, 0.3) is 0 Å². The van der Waals surface area contributed by atoms with E-state index in [1.54, 1.807) is 16.9 Å². The van der Waals surface area contributed by atoms with Crippen LogP contribution in [0.1, 0.15) is 52.2 Å². The zero-order chi connectivity index (χ0) is 20.6. The van der Waals surface area contributed by atoms with Crippen molar-refractivity contribution in [3.05, 3.63) is 23.3 Å². The fraction of sp³-hybridized carbons (Fsp3) is 0.619. The Morgan fingerprint density at radius 2 is 1.75 bits per heavy atom. The normalized spacial score (nSPS) is 17.2. The number of hydrogen-bond acceptors (Lipinski definition) is 4. The second kappa shape index (κ2) is 7.53. The second-order valence-corrected chi connectivity index (χ2v) is 8.70. The Labute approximate surface area is 167 Å². The highest BCUT2D eigenvalue weighted by molar-refractivity contribution is 5.94. The van der Waals surface area contributed by atoms with Gasteiger partial charge >= 0.3 is 12.1 Å². The Kier molecular flexibility index (Phi) is 5.46. The quantitative estimate of drug-likeness (QED) is 0.784. The lowest BCUT2D eigenvalue weighted by Gasteiger charge is -2.38. The summed E-state index contributed by atoms with van der Waals surface area (Å²) in [4.78, 5) is 30.8. The van der Waals surface area contributed by atoms with Crippen molar-refractivity contribution in [2.75, 3.05) is 25.1 Å². The summed E-state index contributed by atoms with van der Waals surface area (Å²) in [6.45, 7) is 12.0. The average molecular weight is 389 g/mol. The highest BCUT2D eigenvalue weighted by Gasteiger charge is 2.33. The van der Waals surface area contributed by atoms with Crippen molar-refractivity contribution in [1.29, 1.82) is 0 Å². The average Bonchev–Trinajstić information content (AvgIpc) is 3.02. The summed E-state index contributed by atoms with van der Waals surface area (Å²) in [6, 6.07) is 4.08. The van der Waals surface area contributed by atoms with Gasteiger partial charge in [0.15, 0.2) is 0 Å². The Morgan fingerprint density at radius 1 is 1.11 bits per heavy atom. The van der Waals surface area contributed by atoms with E-state index in [2.05, 4.69) is 0 Å². The van der Waals surface area contributed by atoms with Crippen molar-refractivity contribution in [3.8, 4) is 5.75 Å². The van der Waals surface area contributed by atoms with Crippen LogP contribution in [0.5, 0.6) is 5.75 Å². The smallest absolute Gasteiger partial charge is 0.410 e. The van der Waals surface area contributed by atoms with Gasteiger partial charge in [0.2, 0.25) is 0 Å². The van der Waals surface area contributed by atoms with Crippen molar-refractivity contribution in [3.63, 3.8) is 0 Å². The first-order valence-corrected chi connectivity index (χ1v) is 9.86. The third-order valence-corrected chi connectivity index (χ3v) is 5.05. The van der Waals surface area contributed by atoms with Crippen molar-refractivity contribution < 1.29 is 19.1 Å². The van der Waals surface area contributed by atoms with Gasteiger partial charge in [0.1, 0.15) is 11.4 Å². The highest BCUT2D eigenvalue weighted by atomic mass is 16.6. The number of amides is 3. The van der Waals surface area contributed by atoms with Crippen molar-refractivity contribution >= 4 is 17.8 Å². The summed E-state index contributed by atoms with van der Waals surface area (Å²) in [7, 11) is 1.61. The Morgan fingerprint density at radius 3 is 2.32 bits per heavy atom. The van der Waals surface area contributed by atoms with Gasteiger partial charge in [-0.15, -0.1) is 0 Å². The molecule has 0 spiro atoms. The lowest BCUT2D eigenvalue weighted by Crippen LogP contribution is -2.52. The number of hydrogen-bond donors (Lipinski definition) is 0. The molecule has 1 aromatic carbocycles. The lowest BCUT2D eigenvalue weighted by atomic mass is 10.1. The first-order valence-electron chi connectivity index (χ1n) is 9.86. The van der Waals surface area contributed by atoms with E-state index in [9.17, 15) is 9.59 Å². The van der Waals surface area contributed by atoms with Crippen molar-refractivity contribution in [2.45, 2.75) is 65.8 Å². The van der Waals surface area contributed by atoms with Crippen LogP contribution in [0.4, 0.5) is 15.3 Å². The molecule has 28 heavy (non-hydrogen) atoms. The molecule has 7 nitrogen and oxygen atoms in total. The van der Waals surface area contributed by atoms with Gasteiger partial charge in [-0.1, -0.05) is 0 Å². The van der Waals surface area contributed by atoms with Crippen molar-refractivity contribution in [2.24, 2.45) is 0 Å². The first kappa shape index (κ1) is 20.3. The molecule has 2 aliphatic heterocycles. The molecule has 1 aromatic rings. The summed E-state index contributed by atoms with van der Waals surface area (Å²) in [5, 5.41) is 0. The van der Waals surface area contributed by atoms with E-state index >= 15 is 0 Å². The predicted octanol–water partition coefficient (Wildman–Crippen LogP) is 3.99. The molecular formula is C21H31N3O4. The largest absolute Gasteiger partial charge is 0.495 e.